The molecule has 1 saturated heterocycles. The fraction of sp³-hybridized carbons (Fsp3) is 0.278. The molecule has 2 aromatic rings. The number of nitrogens with zero attached hydrogens (tertiary/aromatic N) is 2. The summed E-state index contributed by atoms with van der Waals surface area (Å²) in [5, 5.41) is -0.574. The zero-order valence-electron chi connectivity index (χ0n) is 14.9. The second-order valence-corrected chi connectivity index (χ2v) is 8.56. The second-order valence-electron chi connectivity index (χ2n) is 6.22. The Morgan fingerprint density at radius 2 is 1.83 bits per heavy atom. The molecule has 1 aliphatic rings. The predicted molar refractivity (Wildman–Crippen MR) is 99.5 cm³/mol. The third-order valence-electron chi connectivity index (χ3n) is 4.36. The van der Waals surface area contributed by atoms with Crippen LogP contribution in [0.5, 0.6) is 0 Å². The average molecular weight is 449 g/mol. The van der Waals surface area contributed by atoms with Gasteiger partial charge in [-0.3, -0.25) is 4.79 Å². The lowest BCUT2D eigenvalue weighted by Crippen LogP contribution is -2.50. The summed E-state index contributed by atoms with van der Waals surface area (Å²) in [4.78, 5) is 13.2. The van der Waals surface area contributed by atoms with Gasteiger partial charge in [-0.15, -0.1) is 0 Å². The summed E-state index contributed by atoms with van der Waals surface area (Å²) in [6, 6.07) is 5.83. The van der Waals surface area contributed by atoms with Gasteiger partial charge in [0.15, 0.2) is 0 Å². The lowest BCUT2D eigenvalue weighted by Gasteiger charge is -2.33. The van der Waals surface area contributed by atoms with E-state index in [0.717, 1.165) is 16.4 Å². The van der Waals surface area contributed by atoms with Crippen LogP contribution in [0.2, 0.25) is 5.02 Å². The molecule has 1 aliphatic heterocycles. The van der Waals surface area contributed by atoms with Gasteiger partial charge in [0, 0.05) is 32.3 Å². The van der Waals surface area contributed by atoms with Crippen LogP contribution in [-0.2, 0) is 21.0 Å². The van der Waals surface area contributed by atoms with E-state index in [0.29, 0.717) is 11.8 Å². The van der Waals surface area contributed by atoms with Crippen LogP contribution in [0.3, 0.4) is 0 Å². The maximum atomic E-state index is 13.0. The van der Waals surface area contributed by atoms with Crippen LogP contribution in [0.4, 0.5) is 13.2 Å². The first kappa shape index (κ1) is 21.4. The molecule has 0 spiro atoms. The van der Waals surface area contributed by atoms with E-state index in [-0.39, 0.29) is 32.1 Å². The molecule has 0 N–H and O–H groups in total. The Morgan fingerprint density at radius 1 is 1.14 bits per heavy atom. The van der Waals surface area contributed by atoms with Crippen LogP contribution < -0.4 is 0 Å². The molecular formula is C18H16ClF3N2O4S. The molecule has 1 aromatic heterocycles. The van der Waals surface area contributed by atoms with E-state index in [2.05, 4.69) is 0 Å². The normalized spacial score (nSPS) is 16.5. The van der Waals surface area contributed by atoms with Gasteiger partial charge in [-0.25, -0.2) is 8.42 Å². The molecule has 1 aromatic carbocycles. The minimum Gasteiger partial charge on any atom is -0.465 e. The number of benzene rings is 1. The Hall–Kier alpha value is -2.30. The van der Waals surface area contributed by atoms with E-state index >= 15 is 0 Å². The summed E-state index contributed by atoms with van der Waals surface area (Å²) in [7, 11) is -4.15. The highest BCUT2D eigenvalue weighted by Crippen LogP contribution is 2.36. The van der Waals surface area contributed by atoms with Crippen LogP contribution in [0.15, 0.2) is 52.0 Å². The maximum Gasteiger partial charge on any atom is 0.417 e. The van der Waals surface area contributed by atoms with Gasteiger partial charge in [0.1, 0.15) is 5.76 Å². The predicted octanol–water partition coefficient (Wildman–Crippen LogP) is 3.50. The molecule has 11 heteroatoms. The summed E-state index contributed by atoms with van der Waals surface area (Å²) < 4.78 is 70.7. The Morgan fingerprint density at radius 3 is 2.41 bits per heavy atom. The fourth-order valence-corrected chi connectivity index (χ4v) is 4.50. The zero-order valence-corrected chi connectivity index (χ0v) is 16.5. The van der Waals surface area contributed by atoms with Crippen LogP contribution in [0, 0.1) is 0 Å². The van der Waals surface area contributed by atoms with Crippen molar-refractivity contribution < 1.29 is 30.8 Å². The first-order valence-electron chi connectivity index (χ1n) is 8.46. The van der Waals surface area contributed by atoms with Crippen molar-refractivity contribution >= 4 is 33.6 Å². The smallest absolute Gasteiger partial charge is 0.417 e. The lowest BCUT2D eigenvalue weighted by atomic mass is 10.2. The summed E-state index contributed by atoms with van der Waals surface area (Å²) >= 11 is 5.55. The highest BCUT2D eigenvalue weighted by molar-refractivity contribution is 7.89. The molecule has 0 bridgehead atoms. The molecule has 6 nitrogen and oxygen atoms in total. The number of rotatable bonds is 4. The number of amides is 1. The Bertz CT molecular complexity index is 1010. The van der Waals surface area contributed by atoms with Gasteiger partial charge >= 0.3 is 6.18 Å². The summed E-state index contributed by atoms with van der Waals surface area (Å²) in [5.74, 6) is 0.187. The van der Waals surface area contributed by atoms with Crippen molar-refractivity contribution in [3.05, 3.63) is 59.0 Å². The lowest BCUT2D eigenvalue weighted by molar-refractivity contribution is -0.137. The Balaban J connectivity index is 1.69. The van der Waals surface area contributed by atoms with Gasteiger partial charge in [-0.05, 0) is 36.4 Å². The Labute approximate surface area is 170 Å². The molecule has 1 amide bonds. The van der Waals surface area contributed by atoms with Crippen molar-refractivity contribution in [3.8, 4) is 0 Å². The van der Waals surface area contributed by atoms with Crippen molar-refractivity contribution in [2.24, 2.45) is 0 Å². The van der Waals surface area contributed by atoms with E-state index in [1.165, 1.54) is 23.3 Å². The van der Waals surface area contributed by atoms with Gasteiger partial charge in [-0.2, -0.15) is 17.5 Å². The van der Waals surface area contributed by atoms with Crippen molar-refractivity contribution in [1.82, 2.24) is 9.21 Å². The van der Waals surface area contributed by atoms with Gasteiger partial charge in [0.25, 0.3) is 0 Å². The van der Waals surface area contributed by atoms with E-state index < -0.39 is 31.7 Å². The number of halogens is 4. The minimum atomic E-state index is -4.77. The van der Waals surface area contributed by atoms with Gasteiger partial charge in [0.05, 0.1) is 21.7 Å². The molecule has 0 radical (unpaired) electrons. The number of alkyl halides is 3. The molecule has 0 atom stereocenters. The molecule has 3 rings (SSSR count). The summed E-state index contributed by atoms with van der Waals surface area (Å²) in [6.07, 6.45) is -0.488. The highest BCUT2D eigenvalue weighted by atomic mass is 35.5. The number of hydrogen-bond acceptors (Lipinski definition) is 4. The largest absolute Gasteiger partial charge is 0.465 e. The average Bonchev–Trinajstić information content (AvgIpc) is 3.19. The molecule has 2 heterocycles. The van der Waals surface area contributed by atoms with Gasteiger partial charge < -0.3 is 9.32 Å². The van der Waals surface area contributed by atoms with Crippen molar-refractivity contribution in [1.29, 1.82) is 0 Å². The molecule has 0 aliphatic carbocycles. The number of carbonyl (C=O) groups is 1. The van der Waals surface area contributed by atoms with Crippen molar-refractivity contribution in [3.63, 3.8) is 0 Å². The minimum absolute atomic E-state index is 0.0351. The van der Waals surface area contributed by atoms with Crippen LogP contribution in [-0.4, -0.2) is 49.7 Å². The van der Waals surface area contributed by atoms with Gasteiger partial charge in [0.2, 0.25) is 15.9 Å². The van der Waals surface area contributed by atoms with Crippen LogP contribution in [0.25, 0.3) is 6.08 Å². The Kier molecular flexibility index (Phi) is 6.06. The van der Waals surface area contributed by atoms with Gasteiger partial charge in [-0.1, -0.05) is 11.6 Å². The standard InChI is InChI=1S/C18H16ClF3N2O4S/c19-16-5-4-14(12-15(16)18(20,21)22)29(26,27)24-9-7-23(8-10-24)17(25)6-3-13-2-1-11-28-13/h1-6,11-12H,7-10H2. The molecular weight excluding hydrogens is 433 g/mol. The number of hydrogen-bond donors (Lipinski definition) is 0. The molecule has 1 fully saturated rings. The van der Waals surface area contributed by atoms with E-state index in [9.17, 15) is 26.4 Å². The van der Waals surface area contributed by atoms with Crippen LogP contribution >= 0.6 is 11.6 Å². The number of carbonyl (C=O) groups excluding carboxylic acids is 1. The molecule has 156 valence electrons. The zero-order chi connectivity index (χ0) is 21.2. The number of furan rings is 1. The molecule has 0 saturated carbocycles. The third kappa shape index (κ3) is 4.82. The first-order valence-corrected chi connectivity index (χ1v) is 10.3. The third-order valence-corrected chi connectivity index (χ3v) is 6.59. The quantitative estimate of drug-likeness (QED) is 0.671. The summed E-state index contributed by atoms with van der Waals surface area (Å²) in [5.41, 5.74) is -1.21. The fourth-order valence-electron chi connectivity index (χ4n) is 2.82. The monoisotopic (exact) mass is 448 g/mol. The number of piperazine rings is 1. The van der Waals surface area contributed by atoms with E-state index in [1.807, 2.05) is 0 Å². The highest BCUT2D eigenvalue weighted by Gasteiger charge is 2.36. The summed E-state index contributed by atoms with van der Waals surface area (Å²) in [6.45, 7) is 0.153. The SMILES string of the molecule is O=C(C=Cc1ccco1)N1CCN(S(=O)(=O)c2ccc(Cl)c(C(F)(F)F)c2)CC1. The van der Waals surface area contributed by atoms with Crippen LogP contribution in [0.1, 0.15) is 11.3 Å². The topological polar surface area (TPSA) is 70.8 Å². The molecule has 0 unspecified atom stereocenters. The van der Waals surface area contributed by atoms with Crippen molar-refractivity contribution in [2.75, 3.05) is 26.2 Å². The van der Waals surface area contributed by atoms with E-state index in [1.54, 1.807) is 12.1 Å². The first-order chi connectivity index (χ1) is 13.6. The van der Waals surface area contributed by atoms with Crippen molar-refractivity contribution in [2.45, 2.75) is 11.1 Å². The molecule has 29 heavy (non-hydrogen) atoms. The second kappa shape index (κ2) is 8.21. The van der Waals surface area contributed by atoms with E-state index in [4.69, 9.17) is 16.0 Å². The number of sulfonamides is 1. The maximum absolute atomic E-state index is 13.0.